The van der Waals surface area contributed by atoms with Crippen LogP contribution in [0.25, 0.3) is 21.5 Å². The molecule has 1 aliphatic rings. The molecule has 3 atom stereocenters. The predicted octanol–water partition coefficient (Wildman–Crippen LogP) is 2.32. The maximum absolute atomic E-state index is 13.9. The van der Waals surface area contributed by atoms with E-state index in [0.29, 0.717) is 17.7 Å². The van der Waals surface area contributed by atoms with Gasteiger partial charge in [-0.05, 0) is 41.5 Å². The third kappa shape index (κ3) is 2.69. The fraction of sp³-hybridized carbons (Fsp3) is 0.316. The lowest BCUT2D eigenvalue weighted by molar-refractivity contribution is -0.123. The third-order valence-electron chi connectivity index (χ3n) is 4.96. The number of pyridine rings is 2. The van der Waals surface area contributed by atoms with Gasteiger partial charge in [0.1, 0.15) is 6.61 Å². The number of carbonyl (C=O) groups excluding carboxylic acids is 1. The molecule has 26 heavy (non-hydrogen) atoms. The van der Waals surface area contributed by atoms with Crippen LogP contribution in [0.4, 0.5) is 4.39 Å². The third-order valence-corrected chi connectivity index (χ3v) is 4.96. The van der Waals surface area contributed by atoms with Gasteiger partial charge in [-0.2, -0.15) is 0 Å². The average Bonchev–Trinajstić information content (AvgIpc) is 2.92. The number of aromatic nitrogens is 2. The first-order valence-electron chi connectivity index (χ1n) is 8.56. The number of aromatic amines is 1. The molecule has 1 aromatic carbocycles. The number of nitrogens with one attached hydrogen (secondary N) is 2. The highest BCUT2D eigenvalue weighted by atomic mass is 19.1. The zero-order valence-electron chi connectivity index (χ0n) is 14.2. The standard InChI is InChI=1S/C19H18FN3O3/c1-2-12-15(23-18(25)16(12)20)9-26-19-14-8-10-3-5-21-17(24)13(10)7-11(14)4-6-22-19/h3-8,12,15-16H,2,9H2,1H3,(H,21,24)(H,23,25)/t12-,15+,16-/m0/s1. The summed E-state index contributed by atoms with van der Waals surface area (Å²) in [4.78, 5) is 30.5. The number of nitrogens with zero attached hydrogens (tertiary/aromatic N) is 1. The summed E-state index contributed by atoms with van der Waals surface area (Å²) >= 11 is 0. The number of halogens is 1. The van der Waals surface area contributed by atoms with E-state index in [-0.39, 0.29) is 18.2 Å². The molecular formula is C19H18FN3O3. The van der Waals surface area contributed by atoms with Crippen LogP contribution in [0.2, 0.25) is 0 Å². The van der Waals surface area contributed by atoms with Gasteiger partial charge in [0.15, 0.2) is 6.17 Å². The van der Waals surface area contributed by atoms with Gasteiger partial charge in [-0.25, -0.2) is 9.37 Å². The van der Waals surface area contributed by atoms with E-state index in [9.17, 15) is 14.0 Å². The summed E-state index contributed by atoms with van der Waals surface area (Å²) in [5.41, 5.74) is -0.155. The van der Waals surface area contributed by atoms with Crippen LogP contribution in [-0.2, 0) is 4.79 Å². The van der Waals surface area contributed by atoms with Crippen molar-refractivity contribution in [1.29, 1.82) is 0 Å². The molecule has 3 aromatic rings. The van der Waals surface area contributed by atoms with Crippen LogP contribution in [0.3, 0.4) is 0 Å². The Morgan fingerprint density at radius 1 is 1.19 bits per heavy atom. The molecule has 134 valence electrons. The van der Waals surface area contributed by atoms with Gasteiger partial charge in [0.05, 0.1) is 6.04 Å². The summed E-state index contributed by atoms with van der Waals surface area (Å²) in [7, 11) is 0. The van der Waals surface area contributed by atoms with Gasteiger partial charge in [-0.15, -0.1) is 0 Å². The minimum absolute atomic E-state index is 0.143. The van der Waals surface area contributed by atoms with E-state index in [2.05, 4.69) is 15.3 Å². The minimum Gasteiger partial charge on any atom is -0.475 e. The van der Waals surface area contributed by atoms with E-state index in [0.717, 1.165) is 16.2 Å². The number of carbonyl (C=O) groups is 1. The van der Waals surface area contributed by atoms with Crippen LogP contribution in [0.15, 0.2) is 41.5 Å². The van der Waals surface area contributed by atoms with Gasteiger partial charge >= 0.3 is 0 Å². The van der Waals surface area contributed by atoms with Crippen molar-refractivity contribution in [2.75, 3.05) is 6.61 Å². The average molecular weight is 355 g/mol. The zero-order chi connectivity index (χ0) is 18.3. The highest BCUT2D eigenvalue weighted by molar-refractivity contribution is 5.99. The Balaban J connectivity index is 1.67. The van der Waals surface area contributed by atoms with Crippen molar-refractivity contribution in [2.24, 2.45) is 5.92 Å². The molecule has 4 rings (SSSR count). The molecular weight excluding hydrogens is 337 g/mol. The number of hydrogen-bond acceptors (Lipinski definition) is 4. The van der Waals surface area contributed by atoms with Gasteiger partial charge in [-0.1, -0.05) is 6.92 Å². The lowest BCUT2D eigenvalue weighted by atomic mass is 9.97. The summed E-state index contributed by atoms with van der Waals surface area (Å²) in [6.45, 7) is 1.99. The predicted molar refractivity (Wildman–Crippen MR) is 96.0 cm³/mol. The van der Waals surface area contributed by atoms with Crippen LogP contribution >= 0.6 is 0 Å². The second-order valence-electron chi connectivity index (χ2n) is 6.48. The Kier molecular flexibility index (Phi) is 4.06. The van der Waals surface area contributed by atoms with Crippen molar-refractivity contribution in [3.8, 4) is 5.88 Å². The molecule has 0 aliphatic carbocycles. The molecule has 1 saturated heterocycles. The number of hydrogen-bond donors (Lipinski definition) is 2. The van der Waals surface area contributed by atoms with Crippen molar-refractivity contribution in [2.45, 2.75) is 25.6 Å². The van der Waals surface area contributed by atoms with Gasteiger partial charge in [0.25, 0.3) is 11.5 Å². The summed E-state index contributed by atoms with van der Waals surface area (Å²) in [5.74, 6) is -0.588. The first-order valence-corrected chi connectivity index (χ1v) is 8.56. The topological polar surface area (TPSA) is 84.1 Å². The van der Waals surface area contributed by atoms with Crippen molar-refractivity contribution >= 4 is 27.5 Å². The molecule has 1 fully saturated rings. The number of rotatable bonds is 4. The summed E-state index contributed by atoms with van der Waals surface area (Å²) < 4.78 is 19.7. The number of H-pyrrole nitrogens is 1. The Labute approximate surface area is 148 Å². The zero-order valence-corrected chi connectivity index (χ0v) is 14.2. The van der Waals surface area contributed by atoms with Gasteiger partial charge < -0.3 is 15.0 Å². The van der Waals surface area contributed by atoms with Crippen LogP contribution in [-0.4, -0.2) is 34.7 Å². The van der Waals surface area contributed by atoms with E-state index < -0.39 is 18.0 Å². The second-order valence-corrected chi connectivity index (χ2v) is 6.48. The molecule has 1 aliphatic heterocycles. The molecule has 6 nitrogen and oxygen atoms in total. The number of alkyl halides is 1. The highest BCUT2D eigenvalue weighted by Crippen LogP contribution is 2.28. The molecule has 2 N–H and O–H groups in total. The smallest absolute Gasteiger partial charge is 0.255 e. The summed E-state index contributed by atoms with van der Waals surface area (Å²) in [6, 6.07) is 6.87. The number of ether oxygens (including phenoxy) is 1. The first-order chi connectivity index (χ1) is 12.6. The van der Waals surface area contributed by atoms with E-state index in [1.54, 1.807) is 24.5 Å². The van der Waals surface area contributed by atoms with Crippen LogP contribution in [0.5, 0.6) is 5.88 Å². The van der Waals surface area contributed by atoms with Gasteiger partial charge in [-0.3, -0.25) is 9.59 Å². The summed E-state index contributed by atoms with van der Waals surface area (Å²) in [5, 5.41) is 5.61. The van der Waals surface area contributed by atoms with Crippen LogP contribution < -0.4 is 15.6 Å². The fourth-order valence-corrected chi connectivity index (χ4v) is 3.54. The Morgan fingerprint density at radius 3 is 2.77 bits per heavy atom. The first kappa shape index (κ1) is 16.5. The Morgan fingerprint density at radius 2 is 1.96 bits per heavy atom. The van der Waals surface area contributed by atoms with Gasteiger partial charge in [0.2, 0.25) is 5.88 Å². The largest absolute Gasteiger partial charge is 0.475 e. The molecule has 1 amide bonds. The molecule has 0 saturated carbocycles. The molecule has 3 heterocycles. The second kappa shape index (κ2) is 6.40. The van der Waals surface area contributed by atoms with Crippen molar-refractivity contribution in [1.82, 2.24) is 15.3 Å². The van der Waals surface area contributed by atoms with E-state index in [1.165, 1.54) is 0 Å². The molecule has 0 radical (unpaired) electrons. The quantitative estimate of drug-likeness (QED) is 0.704. The monoisotopic (exact) mass is 355 g/mol. The lowest BCUT2D eigenvalue weighted by Gasteiger charge is -2.18. The number of fused-ring (bicyclic) bond motifs is 2. The van der Waals surface area contributed by atoms with Gasteiger partial charge in [0, 0.05) is 29.1 Å². The highest BCUT2D eigenvalue weighted by Gasteiger charge is 2.41. The SMILES string of the molecule is CC[C@@H]1[C@H](F)C(=O)N[C@@H]1COc1nccc2cc3c(=O)[nH]ccc3cc12. The molecule has 2 aromatic heterocycles. The molecule has 0 spiro atoms. The Bertz CT molecular complexity index is 1050. The molecule has 0 unspecified atom stereocenters. The van der Waals surface area contributed by atoms with E-state index >= 15 is 0 Å². The minimum atomic E-state index is -1.50. The number of amides is 1. The van der Waals surface area contributed by atoms with Crippen molar-refractivity contribution < 1.29 is 13.9 Å². The maximum Gasteiger partial charge on any atom is 0.255 e. The molecule has 0 bridgehead atoms. The number of benzene rings is 1. The van der Waals surface area contributed by atoms with E-state index in [4.69, 9.17) is 4.74 Å². The van der Waals surface area contributed by atoms with Crippen molar-refractivity contribution in [3.05, 3.63) is 47.0 Å². The Hall–Kier alpha value is -2.96. The fourth-order valence-electron chi connectivity index (χ4n) is 3.54. The van der Waals surface area contributed by atoms with Crippen LogP contribution in [0.1, 0.15) is 13.3 Å². The summed E-state index contributed by atoms with van der Waals surface area (Å²) in [6.07, 6.45) is 2.24. The molecule has 7 heteroatoms. The van der Waals surface area contributed by atoms with E-state index in [1.807, 2.05) is 19.1 Å². The van der Waals surface area contributed by atoms with Crippen LogP contribution in [0, 0.1) is 5.92 Å². The maximum atomic E-state index is 13.9. The lowest BCUT2D eigenvalue weighted by Crippen LogP contribution is -2.34. The normalized spacial score (nSPS) is 22.7. The van der Waals surface area contributed by atoms with Crippen molar-refractivity contribution in [3.63, 3.8) is 0 Å².